The number of hydrogen-bond acceptors (Lipinski definition) is 8. The van der Waals surface area contributed by atoms with Crippen LogP contribution in [0.1, 0.15) is 46.5 Å². The van der Waals surface area contributed by atoms with Crippen molar-refractivity contribution in [1.82, 2.24) is 9.88 Å². The van der Waals surface area contributed by atoms with Crippen molar-refractivity contribution in [2.24, 2.45) is 0 Å². The van der Waals surface area contributed by atoms with Crippen LogP contribution in [0.25, 0.3) is 0 Å². The molecule has 0 amide bonds. The summed E-state index contributed by atoms with van der Waals surface area (Å²) in [7, 11) is 0. The minimum absolute atomic E-state index is 0.123. The van der Waals surface area contributed by atoms with Gasteiger partial charge in [0.05, 0.1) is 6.61 Å². The zero-order chi connectivity index (χ0) is 22.8. The molecule has 3 aromatic rings. The molecule has 33 heavy (non-hydrogen) atoms. The number of carbonyl (C=O) groups excluding carboxylic acids is 1. The average Bonchev–Trinajstić information content (AvgIpc) is 3.56. The monoisotopic (exact) mass is 464 g/mol. The van der Waals surface area contributed by atoms with Crippen LogP contribution >= 0.6 is 11.3 Å². The molecular weight excluding hydrogens is 436 g/mol. The second-order valence-electron chi connectivity index (χ2n) is 8.57. The minimum atomic E-state index is -0.123. The summed E-state index contributed by atoms with van der Waals surface area (Å²) in [5, 5.41) is 3.82. The molecule has 0 radical (unpaired) electrons. The van der Waals surface area contributed by atoms with Crippen LogP contribution in [0, 0.1) is 0 Å². The fraction of sp³-hybridized carbons (Fsp3) is 0.360. The summed E-state index contributed by atoms with van der Waals surface area (Å²) < 4.78 is 11.5. The Morgan fingerprint density at radius 1 is 1.24 bits per heavy atom. The molecule has 1 aromatic heterocycles. The van der Waals surface area contributed by atoms with Crippen LogP contribution in [0.5, 0.6) is 11.5 Å². The summed E-state index contributed by atoms with van der Waals surface area (Å²) in [6.45, 7) is 6.74. The molecule has 2 aliphatic heterocycles. The Morgan fingerprint density at radius 3 is 2.82 bits per heavy atom. The van der Waals surface area contributed by atoms with Crippen LogP contribution in [0.3, 0.4) is 0 Å². The van der Waals surface area contributed by atoms with Crippen molar-refractivity contribution < 1.29 is 14.3 Å². The van der Waals surface area contributed by atoms with Gasteiger partial charge in [0, 0.05) is 29.3 Å². The summed E-state index contributed by atoms with van der Waals surface area (Å²) in [5.41, 5.74) is 8.61. The highest BCUT2D eigenvalue weighted by Gasteiger charge is 2.24. The Morgan fingerprint density at radius 2 is 2.03 bits per heavy atom. The van der Waals surface area contributed by atoms with E-state index in [9.17, 15) is 4.79 Å². The Labute approximate surface area is 197 Å². The number of rotatable bonds is 8. The number of nitrogens with zero attached hydrogens (tertiary/aromatic N) is 2. The number of nitrogens with one attached hydrogen (secondary N) is 1. The first-order chi connectivity index (χ1) is 16.1. The van der Waals surface area contributed by atoms with Crippen molar-refractivity contribution in [3.05, 3.63) is 58.5 Å². The van der Waals surface area contributed by atoms with Crippen LogP contribution in [-0.4, -0.2) is 48.5 Å². The Bertz CT molecular complexity index is 1140. The van der Waals surface area contributed by atoms with Crippen LogP contribution in [0.4, 0.5) is 16.6 Å². The molecule has 0 spiro atoms. The molecule has 1 fully saturated rings. The molecular formula is C25H28N4O3S. The SMILES string of the molecule is CC1COc2ccc(C(=O)c3sc(Nc4ccc(OCCN5CCCC5)cc4)nc3N)cc21. The van der Waals surface area contributed by atoms with Gasteiger partial charge in [-0.05, 0) is 68.4 Å². The van der Waals surface area contributed by atoms with Gasteiger partial charge in [0.15, 0.2) is 5.13 Å². The van der Waals surface area contributed by atoms with Gasteiger partial charge < -0.3 is 20.5 Å². The van der Waals surface area contributed by atoms with E-state index in [4.69, 9.17) is 15.2 Å². The number of anilines is 3. The summed E-state index contributed by atoms with van der Waals surface area (Å²) in [5.74, 6) is 2.07. The molecule has 3 heterocycles. The van der Waals surface area contributed by atoms with Crippen LogP contribution in [-0.2, 0) is 0 Å². The van der Waals surface area contributed by atoms with E-state index in [1.54, 1.807) is 6.07 Å². The number of benzene rings is 2. The number of thiazole rings is 1. The summed E-state index contributed by atoms with van der Waals surface area (Å²) >= 11 is 1.26. The molecule has 5 rings (SSSR count). The third kappa shape index (κ3) is 4.82. The first kappa shape index (κ1) is 21.7. The van der Waals surface area contributed by atoms with Crippen molar-refractivity contribution >= 4 is 33.8 Å². The topological polar surface area (TPSA) is 89.7 Å². The van der Waals surface area contributed by atoms with E-state index in [0.29, 0.717) is 28.8 Å². The lowest BCUT2D eigenvalue weighted by Gasteiger charge is -2.15. The van der Waals surface area contributed by atoms with E-state index in [1.807, 2.05) is 36.4 Å². The first-order valence-corrected chi connectivity index (χ1v) is 12.2. The molecule has 2 aliphatic rings. The number of likely N-dealkylation sites (tertiary alicyclic amines) is 1. The summed E-state index contributed by atoms with van der Waals surface area (Å²) in [6.07, 6.45) is 2.58. The lowest BCUT2D eigenvalue weighted by atomic mass is 9.99. The number of carbonyl (C=O) groups is 1. The number of hydrogen-bond donors (Lipinski definition) is 2. The predicted octanol–water partition coefficient (Wildman–Crippen LogP) is 4.67. The van der Waals surface area contributed by atoms with Crippen LogP contribution in [0.15, 0.2) is 42.5 Å². The molecule has 1 atom stereocenters. The third-order valence-corrected chi connectivity index (χ3v) is 7.12. The van der Waals surface area contributed by atoms with Crippen molar-refractivity contribution in [1.29, 1.82) is 0 Å². The molecule has 0 saturated carbocycles. The van der Waals surface area contributed by atoms with Crippen molar-refractivity contribution in [2.45, 2.75) is 25.7 Å². The number of nitrogen functional groups attached to an aromatic ring is 1. The van der Waals surface area contributed by atoms with Gasteiger partial charge in [-0.25, -0.2) is 4.98 Å². The number of fused-ring (bicyclic) bond motifs is 1. The quantitative estimate of drug-likeness (QED) is 0.468. The third-order valence-electron chi connectivity index (χ3n) is 6.13. The van der Waals surface area contributed by atoms with Gasteiger partial charge >= 0.3 is 0 Å². The van der Waals surface area contributed by atoms with E-state index in [1.165, 1.54) is 37.3 Å². The van der Waals surface area contributed by atoms with E-state index < -0.39 is 0 Å². The second kappa shape index (κ2) is 9.41. The normalized spacial score (nSPS) is 17.5. The largest absolute Gasteiger partial charge is 0.493 e. The highest BCUT2D eigenvalue weighted by atomic mass is 32.1. The van der Waals surface area contributed by atoms with E-state index in [0.717, 1.165) is 29.3 Å². The molecule has 0 aliphatic carbocycles. The fourth-order valence-corrected chi connectivity index (χ4v) is 5.11. The van der Waals surface area contributed by atoms with Crippen molar-refractivity contribution in [2.75, 3.05) is 43.9 Å². The van der Waals surface area contributed by atoms with Crippen molar-refractivity contribution in [3.63, 3.8) is 0 Å². The molecule has 172 valence electrons. The number of ether oxygens (including phenoxy) is 2. The van der Waals surface area contributed by atoms with Gasteiger partial charge in [-0.1, -0.05) is 18.3 Å². The number of aromatic nitrogens is 1. The molecule has 2 aromatic carbocycles. The van der Waals surface area contributed by atoms with Gasteiger partial charge in [0.25, 0.3) is 0 Å². The number of nitrogens with two attached hydrogens (primary N) is 1. The zero-order valence-corrected chi connectivity index (χ0v) is 19.5. The van der Waals surface area contributed by atoms with Crippen LogP contribution in [0.2, 0.25) is 0 Å². The average molecular weight is 465 g/mol. The Balaban J connectivity index is 1.21. The minimum Gasteiger partial charge on any atom is -0.493 e. The van der Waals surface area contributed by atoms with Gasteiger partial charge in [-0.15, -0.1) is 0 Å². The van der Waals surface area contributed by atoms with E-state index >= 15 is 0 Å². The zero-order valence-electron chi connectivity index (χ0n) is 18.7. The molecule has 3 N–H and O–H groups in total. The van der Waals surface area contributed by atoms with Gasteiger partial charge in [0.2, 0.25) is 5.78 Å². The summed E-state index contributed by atoms with van der Waals surface area (Å²) in [4.78, 5) is 20.3. The van der Waals surface area contributed by atoms with Gasteiger partial charge in [-0.3, -0.25) is 9.69 Å². The second-order valence-corrected chi connectivity index (χ2v) is 9.57. The van der Waals surface area contributed by atoms with E-state index in [-0.39, 0.29) is 17.5 Å². The standard InChI is InChI=1S/C25H28N4O3S/c1-16-15-32-21-9-4-17(14-20(16)21)22(30)23-24(26)28-25(33-23)27-18-5-7-19(8-6-18)31-13-12-29-10-2-3-11-29/h4-9,14,16H,2-3,10-13,15,26H2,1H3,(H,27,28). The smallest absolute Gasteiger partial charge is 0.206 e. The lowest BCUT2D eigenvalue weighted by Crippen LogP contribution is -2.25. The molecule has 1 saturated heterocycles. The van der Waals surface area contributed by atoms with Crippen LogP contribution < -0.4 is 20.5 Å². The van der Waals surface area contributed by atoms with Gasteiger partial charge in [-0.2, -0.15) is 0 Å². The Hall–Kier alpha value is -3.10. The maximum absolute atomic E-state index is 13.1. The molecule has 1 unspecified atom stereocenters. The number of ketones is 1. The fourth-order valence-electron chi connectivity index (χ4n) is 4.25. The highest BCUT2D eigenvalue weighted by Crippen LogP contribution is 2.36. The highest BCUT2D eigenvalue weighted by molar-refractivity contribution is 7.18. The molecule has 7 nitrogen and oxygen atoms in total. The molecule has 0 bridgehead atoms. The maximum atomic E-state index is 13.1. The maximum Gasteiger partial charge on any atom is 0.206 e. The predicted molar refractivity (Wildman–Crippen MR) is 131 cm³/mol. The summed E-state index contributed by atoms with van der Waals surface area (Å²) in [6, 6.07) is 13.3. The Kier molecular flexibility index (Phi) is 6.20. The lowest BCUT2D eigenvalue weighted by molar-refractivity contribution is 0.104. The van der Waals surface area contributed by atoms with Crippen molar-refractivity contribution in [3.8, 4) is 11.5 Å². The van der Waals surface area contributed by atoms with E-state index in [2.05, 4.69) is 22.1 Å². The van der Waals surface area contributed by atoms with Gasteiger partial charge in [0.1, 0.15) is 28.8 Å². The molecule has 8 heteroatoms. The first-order valence-electron chi connectivity index (χ1n) is 11.4.